The number of fused-ring (bicyclic) bond motifs is 9. The van der Waals surface area contributed by atoms with E-state index in [1.165, 1.54) is 5.57 Å². The van der Waals surface area contributed by atoms with E-state index in [1.807, 2.05) is 25.2 Å². The van der Waals surface area contributed by atoms with E-state index < -0.39 is 11.2 Å². The number of esters is 1. The maximum Gasteiger partial charge on any atom is 0.334 e. The first-order chi connectivity index (χ1) is 10.7. The highest BCUT2D eigenvalue weighted by atomic mass is 16.6. The maximum absolute atomic E-state index is 12.4. The Morgan fingerprint density at radius 1 is 1.13 bits per heavy atom. The van der Waals surface area contributed by atoms with Gasteiger partial charge in [-0.25, -0.2) is 4.79 Å². The standard InChI is InChI=1S/C20H30O3/c1-15(2)20-12-10-17(18(21)23-20)9-5-7-16(3)8-6-11-19(4,22)13-14-20/h8-9,13-15,22H,5-7,10-12H2,1-4H3/b14-13+,16-8-,17-9+/t19-,20+/m1/s1. The summed E-state index contributed by atoms with van der Waals surface area (Å²) in [5, 5.41) is 10.6. The molecule has 1 N–H and O–H groups in total. The van der Waals surface area contributed by atoms with E-state index in [4.69, 9.17) is 4.74 Å². The third-order valence-electron chi connectivity index (χ3n) is 5.10. The maximum atomic E-state index is 12.4. The van der Waals surface area contributed by atoms with Crippen LogP contribution in [0.4, 0.5) is 0 Å². The molecule has 2 aliphatic heterocycles. The van der Waals surface area contributed by atoms with E-state index in [-0.39, 0.29) is 11.9 Å². The number of carbonyl (C=O) groups excluding carboxylic acids is 1. The van der Waals surface area contributed by atoms with Crippen molar-refractivity contribution in [2.24, 2.45) is 5.92 Å². The lowest BCUT2D eigenvalue weighted by molar-refractivity contribution is -0.159. The number of carbonyl (C=O) groups is 1. The fourth-order valence-electron chi connectivity index (χ4n) is 3.21. The molecule has 0 saturated carbocycles. The summed E-state index contributed by atoms with van der Waals surface area (Å²) < 4.78 is 5.84. The van der Waals surface area contributed by atoms with Crippen LogP contribution in [0.5, 0.6) is 0 Å². The molecule has 0 aromatic carbocycles. The summed E-state index contributed by atoms with van der Waals surface area (Å²) in [7, 11) is 0. The summed E-state index contributed by atoms with van der Waals surface area (Å²) in [6.45, 7) is 8.06. The number of hydrogen-bond acceptors (Lipinski definition) is 3. The van der Waals surface area contributed by atoms with Gasteiger partial charge in [0.25, 0.3) is 0 Å². The first kappa shape index (κ1) is 18.0. The molecular formula is C20H30O3. The highest BCUT2D eigenvalue weighted by Gasteiger charge is 2.40. The van der Waals surface area contributed by atoms with Crippen molar-refractivity contribution >= 4 is 5.97 Å². The lowest BCUT2D eigenvalue weighted by atomic mass is 9.80. The molecule has 1 aliphatic carbocycles. The quantitative estimate of drug-likeness (QED) is 0.573. The van der Waals surface area contributed by atoms with Gasteiger partial charge in [-0.2, -0.15) is 0 Å². The van der Waals surface area contributed by atoms with Gasteiger partial charge >= 0.3 is 5.97 Å². The van der Waals surface area contributed by atoms with Crippen molar-refractivity contribution in [1.82, 2.24) is 0 Å². The zero-order chi connectivity index (χ0) is 17.1. The molecule has 2 heterocycles. The van der Waals surface area contributed by atoms with Crippen molar-refractivity contribution in [3.63, 3.8) is 0 Å². The van der Waals surface area contributed by atoms with Crippen molar-refractivity contribution < 1.29 is 14.6 Å². The highest BCUT2D eigenvalue weighted by molar-refractivity contribution is 5.89. The van der Waals surface area contributed by atoms with Gasteiger partial charge in [0.1, 0.15) is 5.60 Å². The van der Waals surface area contributed by atoms with Crippen LogP contribution < -0.4 is 0 Å². The average Bonchev–Trinajstić information content (AvgIpc) is 2.46. The molecule has 3 heteroatoms. The molecule has 2 bridgehead atoms. The van der Waals surface area contributed by atoms with Gasteiger partial charge in [-0.3, -0.25) is 0 Å². The minimum Gasteiger partial charge on any atom is -0.451 e. The Bertz CT molecular complexity index is 537. The molecule has 128 valence electrons. The Morgan fingerprint density at radius 2 is 1.87 bits per heavy atom. The Morgan fingerprint density at radius 3 is 2.52 bits per heavy atom. The lowest BCUT2D eigenvalue weighted by Crippen LogP contribution is -2.43. The molecule has 3 nitrogen and oxygen atoms in total. The predicted octanol–water partition coefficient (Wildman–Crippen LogP) is 4.47. The van der Waals surface area contributed by atoms with Gasteiger partial charge < -0.3 is 9.84 Å². The second-order valence-corrected chi connectivity index (χ2v) is 7.55. The number of ether oxygens (including phenoxy) is 1. The van der Waals surface area contributed by atoms with E-state index >= 15 is 0 Å². The number of hydrogen-bond donors (Lipinski definition) is 1. The molecule has 0 aromatic rings. The number of allylic oxidation sites excluding steroid dienone is 3. The molecule has 3 aliphatic rings. The van der Waals surface area contributed by atoms with E-state index in [2.05, 4.69) is 26.8 Å². The summed E-state index contributed by atoms with van der Waals surface area (Å²) >= 11 is 0. The van der Waals surface area contributed by atoms with Crippen molar-refractivity contribution in [1.29, 1.82) is 0 Å². The summed E-state index contributed by atoms with van der Waals surface area (Å²) in [6.07, 6.45) is 12.8. The molecule has 0 radical (unpaired) electrons. The fraction of sp³-hybridized carbons (Fsp3) is 0.650. The van der Waals surface area contributed by atoms with Crippen LogP contribution in [0.1, 0.15) is 66.2 Å². The molecule has 0 aromatic heterocycles. The molecule has 1 fully saturated rings. The van der Waals surface area contributed by atoms with Gasteiger partial charge in [0.15, 0.2) is 0 Å². The van der Waals surface area contributed by atoms with Gasteiger partial charge in [-0.15, -0.1) is 0 Å². The van der Waals surface area contributed by atoms with Crippen LogP contribution in [0, 0.1) is 5.92 Å². The van der Waals surface area contributed by atoms with Crippen LogP contribution in [0.15, 0.2) is 35.5 Å². The Balaban J connectivity index is 2.35. The van der Waals surface area contributed by atoms with Crippen molar-refractivity contribution in [2.75, 3.05) is 0 Å². The Kier molecular flexibility index (Phi) is 5.51. The van der Waals surface area contributed by atoms with Crippen LogP contribution in [0.3, 0.4) is 0 Å². The summed E-state index contributed by atoms with van der Waals surface area (Å²) in [5.74, 6) is -0.0250. The predicted molar refractivity (Wildman–Crippen MR) is 93.0 cm³/mol. The number of aliphatic hydroxyl groups is 1. The SMILES string of the molecule is C/C1=C/CC[C@@](C)(O)/C=C/[C@]2(C(C)C)CC/C(=C\CC1)C(=O)O2. The van der Waals surface area contributed by atoms with Crippen LogP contribution in [-0.4, -0.2) is 22.3 Å². The molecule has 0 unspecified atom stereocenters. The first-order valence-corrected chi connectivity index (χ1v) is 8.75. The molecular weight excluding hydrogens is 288 g/mol. The molecule has 2 atom stereocenters. The van der Waals surface area contributed by atoms with E-state index in [1.54, 1.807) is 0 Å². The van der Waals surface area contributed by atoms with E-state index in [9.17, 15) is 9.90 Å². The van der Waals surface area contributed by atoms with Gasteiger partial charge in [-0.05, 0) is 64.4 Å². The topological polar surface area (TPSA) is 46.5 Å². The zero-order valence-corrected chi connectivity index (χ0v) is 14.9. The van der Waals surface area contributed by atoms with Gasteiger partial charge in [0.05, 0.1) is 5.60 Å². The molecule has 3 rings (SSSR count). The number of rotatable bonds is 1. The molecule has 0 amide bonds. The molecule has 1 saturated heterocycles. The van der Waals surface area contributed by atoms with Crippen LogP contribution in [0.25, 0.3) is 0 Å². The minimum atomic E-state index is -0.884. The fourth-order valence-corrected chi connectivity index (χ4v) is 3.21. The second kappa shape index (κ2) is 7.04. The highest BCUT2D eigenvalue weighted by Crippen LogP contribution is 2.37. The smallest absolute Gasteiger partial charge is 0.334 e. The van der Waals surface area contributed by atoms with Gasteiger partial charge in [-0.1, -0.05) is 37.6 Å². The minimum absolute atomic E-state index is 0.176. The third kappa shape index (κ3) is 4.57. The Labute approximate surface area is 140 Å². The van der Waals surface area contributed by atoms with Gasteiger partial charge in [0, 0.05) is 5.57 Å². The Hall–Kier alpha value is -1.35. The molecule has 0 spiro atoms. The monoisotopic (exact) mass is 318 g/mol. The van der Waals surface area contributed by atoms with Gasteiger partial charge in [0.2, 0.25) is 0 Å². The van der Waals surface area contributed by atoms with E-state index in [0.29, 0.717) is 6.42 Å². The van der Waals surface area contributed by atoms with Crippen molar-refractivity contribution in [2.45, 2.75) is 77.4 Å². The van der Waals surface area contributed by atoms with Crippen LogP contribution >= 0.6 is 0 Å². The third-order valence-corrected chi connectivity index (χ3v) is 5.10. The van der Waals surface area contributed by atoms with Crippen LogP contribution in [0.2, 0.25) is 0 Å². The van der Waals surface area contributed by atoms with Crippen molar-refractivity contribution in [3.05, 3.63) is 35.5 Å². The molecule has 23 heavy (non-hydrogen) atoms. The summed E-state index contributed by atoms with van der Waals surface area (Å²) in [4.78, 5) is 12.4. The first-order valence-electron chi connectivity index (χ1n) is 8.75. The summed E-state index contributed by atoms with van der Waals surface area (Å²) in [6, 6.07) is 0. The van der Waals surface area contributed by atoms with Crippen LogP contribution in [-0.2, 0) is 9.53 Å². The van der Waals surface area contributed by atoms with Crippen molar-refractivity contribution in [3.8, 4) is 0 Å². The normalized spacial score (nSPS) is 39.0. The summed E-state index contributed by atoms with van der Waals surface area (Å²) in [5.41, 5.74) is 0.616. The van der Waals surface area contributed by atoms with E-state index in [0.717, 1.165) is 37.7 Å². The largest absolute Gasteiger partial charge is 0.451 e. The lowest BCUT2D eigenvalue weighted by Gasteiger charge is -2.39. The average molecular weight is 318 g/mol. The second-order valence-electron chi connectivity index (χ2n) is 7.55. The zero-order valence-electron chi connectivity index (χ0n) is 14.9.